The van der Waals surface area contributed by atoms with Crippen LogP contribution >= 0.6 is 11.6 Å². The van der Waals surface area contributed by atoms with E-state index in [1.165, 1.54) is 6.07 Å². The highest BCUT2D eigenvalue weighted by Gasteiger charge is 2.38. The van der Waals surface area contributed by atoms with Crippen LogP contribution in [0.3, 0.4) is 0 Å². The van der Waals surface area contributed by atoms with Crippen LogP contribution in [-0.4, -0.2) is 10.9 Å². The van der Waals surface area contributed by atoms with Gasteiger partial charge in [-0.15, -0.1) is 0 Å². The van der Waals surface area contributed by atoms with E-state index in [0.29, 0.717) is 40.2 Å². The molecule has 2 nitrogen and oxygen atoms in total. The highest BCUT2D eigenvalue weighted by molar-refractivity contribution is 6.33. The molecule has 1 aromatic carbocycles. The zero-order valence-electron chi connectivity index (χ0n) is 13.9. The first-order valence-electron chi connectivity index (χ1n) is 8.33. The van der Waals surface area contributed by atoms with Crippen molar-refractivity contribution in [3.05, 3.63) is 52.6 Å². The Kier molecular flexibility index (Phi) is 5.07. The Morgan fingerprint density at radius 1 is 1.32 bits per heavy atom. The third-order valence-electron chi connectivity index (χ3n) is 4.92. The number of hydrogen-bond acceptors (Lipinski definition) is 2. The number of rotatable bonds is 3. The van der Waals surface area contributed by atoms with E-state index in [1.54, 1.807) is 31.3 Å². The number of halogens is 4. The van der Waals surface area contributed by atoms with Crippen LogP contribution in [0.5, 0.6) is 0 Å². The van der Waals surface area contributed by atoms with E-state index < -0.39 is 17.8 Å². The fourth-order valence-corrected chi connectivity index (χ4v) is 3.88. The van der Waals surface area contributed by atoms with Gasteiger partial charge < -0.3 is 5.73 Å². The summed E-state index contributed by atoms with van der Waals surface area (Å²) in [5.41, 5.74) is 8.19. The third kappa shape index (κ3) is 3.82. The van der Waals surface area contributed by atoms with E-state index in [2.05, 4.69) is 4.98 Å². The molecular weight excluding hydrogens is 349 g/mol. The molecule has 0 saturated heterocycles. The van der Waals surface area contributed by atoms with E-state index in [0.717, 1.165) is 0 Å². The van der Waals surface area contributed by atoms with Crippen LogP contribution in [0, 0.1) is 18.7 Å². The normalized spacial score (nSPS) is 21.1. The number of pyridine rings is 1. The molecule has 0 radical (unpaired) electrons. The molecule has 1 fully saturated rings. The van der Waals surface area contributed by atoms with Gasteiger partial charge in [-0.25, -0.2) is 13.2 Å². The Bertz CT molecular complexity index is 759. The average Bonchev–Trinajstić information content (AvgIpc) is 2.54. The molecule has 1 aromatic heterocycles. The van der Waals surface area contributed by atoms with E-state index in [4.69, 9.17) is 17.3 Å². The molecule has 1 saturated carbocycles. The third-order valence-corrected chi connectivity index (χ3v) is 5.24. The van der Waals surface area contributed by atoms with Gasteiger partial charge >= 0.3 is 0 Å². The maximum atomic E-state index is 14.7. The lowest BCUT2D eigenvalue weighted by Gasteiger charge is -2.33. The Morgan fingerprint density at radius 3 is 2.72 bits per heavy atom. The van der Waals surface area contributed by atoms with Crippen LogP contribution in [0.4, 0.5) is 13.2 Å². The van der Waals surface area contributed by atoms with Gasteiger partial charge in [0.05, 0.1) is 5.02 Å². The molecule has 1 aliphatic rings. The summed E-state index contributed by atoms with van der Waals surface area (Å²) in [6, 6.07) is 5.61. The van der Waals surface area contributed by atoms with Gasteiger partial charge in [-0.05, 0) is 43.4 Å². The van der Waals surface area contributed by atoms with Crippen LogP contribution in [-0.2, 0) is 0 Å². The van der Waals surface area contributed by atoms with Crippen LogP contribution in [0.1, 0.15) is 43.0 Å². The van der Waals surface area contributed by atoms with E-state index in [-0.39, 0.29) is 18.8 Å². The van der Waals surface area contributed by atoms with Gasteiger partial charge in [-0.2, -0.15) is 0 Å². The first-order chi connectivity index (χ1) is 11.8. The predicted molar refractivity (Wildman–Crippen MR) is 93.2 cm³/mol. The lowest BCUT2D eigenvalue weighted by Crippen LogP contribution is -2.32. The van der Waals surface area contributed by atoms with Gasteiger partial charge in [0.25, 0.3) is 0 Å². The standard InChI is InChI=1S/C19H20ClF3N2/c1-11-17(15(20)6-8-25-11)14-5-4-12(9-16(14)21)18(24)13-3-2-7-19(22,23)10-13/h4-6,8-9,13,18H,2-3,7,10,24H2,1H3. The molecule has 6 heteroatoms. The Balaban J connectivity index is 1.89. The average molecular weight is 369 g/mol. The number of alkyl halides is 2. The molecule has 2 unspecified atom stereocenters. The van der Waals surface area contributed by atoms with E-state index >= 15 is 0 Å². The minimum Gasteiger partial charge on any atom is -0.324 e. The van der Waals surface area contributed by atoms with Crippen molar-refractivity contribution < 1.29 is 13.2 Å². The van der Waals surface area contributed by atoms with Crippen LogP contribution in [0.15, 0.2) is 30.5 Å². The predicted octanol–water partition coefficient (Wildman–Crippen LogP) is 5.67. The molecule has 1 heterocycles. The van der Waals surface area contributed by atoms with Crippen molar-refractivity contribution >= 4 is 11.6 Å². The summed E-state index contributed by atoms with van der Waals surface area (Å²) >= 11 is 6.18. The molecule has 2 atom stereocenters. The smallest absolute Gasteiger partial charge is 0.248 e. The number of aromatic nitrogens is 1. The summed E-state index contributed by atoms with van der Waals surface area (Å²) in [6.45, 7) is 1.75. The summed E-state index contributed by atoms with van der Waals surface area (Å²) in [4.78, 5) is 4.15. The summed E-state index contributed by atoms with van der Waals surface area (Å²) in [5.74, 6) is -3.51. The summed E-state index contributed by atoms with van der Waals surface area (Å²) in [7, 11) is 0. The van der Waals surface area contributed by atoms with Crippen LogP contribution in [0.25, 0.3) is 11.1 Å². The number of benzene rings is 1. The van der Waals surface area contributed by atoms with Crippen molar-refractivity contribution in [2.75, 3.05) is 0 Å². The minimum atomic E-state index is -2.68. The van der Waals surface area contributed by atoms with Crippen molar-refractivity contribution in [2.45, 2.75) is 44.6 Å². The minimum absolute atomic E-state index is 0.0949. The highest BCUT2D eigenvalue weighted by Crippen LogP contribution is 2.42. The Morgan fingerprint density at radius 2 is 2.08 bits per heavy atom. The number of nitrogens with zero attached hydrogens (tertiary/aromatic N) is 1. The van der Waals surface area contributed by atoms with Crippen molar-refractivity contribution in [3.63, 3.8) is 0 Å². The van der Waals surface area contributed by atoms with E-state index in [9.17, 15) is 13.2 Å². The lowest BCUT2D eigenvalue weighted by atomic mass is 9.79. The molecule has 3 rings (SSSR count). The fraction of sp³-hybridized carbons (Fsp3) is 0.421. The zero-order valence-corrected chi connectivity index (χ0v) is 14.7. The van der Waals surface area contributed by atoms with Crippen LogP contribution < -0.4 is 5.73 Å². The molecule has 1 aliphatic carbocycles. The van der Waals surface area contributed by atoms with Gasteiger partial charge in [0.2, 0.25) is 5.92 Å². The second-order valence-electron chi connectivity index (χ2n) is 6.73. The molecule has 0 amide bonds. The van der Waals surface area contributed by atoms with Gasteiger partial charge in [0.1, 0.15) is 5.82 Å². The molecule has 0 aliphatic heterocycles. The zero-order chi connectivity index (χ0) is 18.2. The Labute approximate surface area is 150 Å². The lowest BCUT2D eigenvalue weighted by molar-refractivity contribution is -0.0563. The van der Waals surface area contributed by atoms with Crippen molar-refractivity contribution in [3.8, 4) is 11.1 Å². The van der Waals surface area contributed by atoms with Gasteiger partial charge in [-0.3, -0.25) is 4.98 Å². The SMILES string of the molecule is Cc1nccc(Cl)c1-c1ccc(C(N)C2CCCC(F)(F)C2)cc1F. The highest BCUT2D eigenvalue weighted by atomic mass is 35.5. The molecule has 0 spiro atoms. The maximum absolute atomic E-state index is 14.7. The van der Waals surface area contributed by atoms with Crippen molar-refractivity contribution in [1.82, 2.24) is 4.98 Å². The Hall–Kier alpha value is -1.59. The quantitative estimate of drug-likeness (QED) is 0.757. The monoisotopic (exact) mass is 368 g/mol. The van der Waals surface area contributed by atoms with Crippen LogP contribution in [0.2, 0.25) is 5.02 Å². The summed E-state index contributed by atoms with van der Waals surface area (Å²) < 4.78 is 42.0. The molecule has 2 N–H and O–H groups in total. The van der Waals surface area contributed by atoms with Crippen molar-refractivity contribution in [2.24, 2.45) is 11.7 Å². The summed E-state index contributed by atoms with van der Waals surface area (Å²) in [5, 5.41) is 0.412. The molecule has 25 heavy (non-hydrogen) atoms. The fourth-order valence-electron chi connectivity index (χ4n) is 3.59. The first-order valence-corrected chi connectivity index (χ1v) is 8.70. The number of hydrogen-bond donors (Lipinski definition) is 1. The second-order valence-corrected chi connectivity index (χ2v) is 7.14. The molecule has 2 aromatic rings. The van der Waals surface area contributed by atoms with Crippen molar-refractivity contribution in [1.29, 1.82) is 0 Å². The first kappa shape index (κ1) is 18.2. The molecule has 134 valence electrons. The molecule has 0 bridgehead atoms. The summed E-state index contributed by atoms with van der Waals surface area (Å²) in [6.07, 6.45) is 2.30. The largest absolute Gasteiger partial charge is 0.324 e. The number of aryl methyl sites for hydroxylation is 1. The molecular formula is C19H20ClF3N2. The topological polar surface area (TPSA) is 38.9 Å². The maximum Gasteiger partial charge on any atom is 0.248 e. The van der Waals surface area contributed by atoms with Gasteiger partial charge in [-0.1, -0.05) is 23.7 Å². The number of nitrogens with two attached hydrogens (primary N) is 1. The van der Waals surface area contributed by atoms with Gasteiger partial charge in [0.15, 0.2) is 0 Å². The van der Waals surface area contributed by atoms with Gasteiger partial charge in [0, 0.05) is 41.9 Å². The van der Waals surface area contributed by atoms with E-state index in [1.807, 2.05) is 0 Å². The second kappa shape index (κ2) is 6.96.